The third kappa shape index (κ3) is 5.27. The number of hydrogen-bond acceptors (Lipinski definition) is 2. The van der Waals surface area contributed by atoms with Gasteiger partial charge in [0, 0.05) is 12.6 Å². The number of nitrogens with one attached hydrogen (secondary N) is 1. The molecule has 1 unspecified atom stereocenters. The number of aliphatic hydroxyl groups is 1. The lowest BCUT2D eigenvalue weighted by atomic mass is 9.92. The van der Waals surface area contributed by atoms with E-state index in [-0.39, 0.29) is 0 Å². The molecule has 0 fully saturated rings. The summed E-state index contributed by atoms with van der Waals surface area (Å²) in [6, 6.07) is 0.514. The van der Waals surface area contributed by atoms with Gasteiger partial charge in [-0.25, -0.2) is 0 Å². The van der Waals surface area contributed by atoms with E-state index in [4.69, 9.17) is 5.11 Å². The molecule has 0 radical (unpaired) electrons. The molecule has 2 N–H and O–H groups in total. The van der Waals surface area contributed by atoms with Crippen LogP contribution in [0.3, 0.4) is 0 Å². The van der Waals surface area contributed by atoms with E-state index in [9.17, 15) is 0 Å². The number of rotatable bonds is 8. The summed E-state index contributed by atoms with van der Waals surface area (Å²) in [4.78, 5) is 0. The highest BCUT2D eigenvalue weighted by molar-refractivity contribution is 4.74. The molecule has 0 aliphatic carbocycles. The molecule has 0 spiro atoms. The number of hydrogen-bond donors (Lipinski definition) is 2. The van der Waals surface area contributed by atoms with E-state index in [0.29, 0.717) is 12.6 Å². The molecule has 0 bridgehead atoms. The molecule has 0 aliphatic rings. The third-order valence-corrected chi connectivity index (χ3v) is 2.71. The van der Waals surface area contributed by atoms with Gasteiger partial charge in [-0.1, -0.05) is 33.6 Å². The van der Waals surface area contributed by atoms with Gasteiger partial charge in [-0.3, -0.25) is 0 Å². The van der Waals surface area contributed by atoms with E-state index >= 15 is 0 Å². The average Bonchev–Trinajstić information content (AvgIpc) is 2.16. The van der Waals surface area contributed by atoms with Crippen LogP contribution in [0, 0.1) is 5.92 Å². The van der Waals surface area contributed by atoms with Gasteiger partial charge in [0.05, 0.1) is 0 Å². The van der Waals surface area contributed by atoms with Crippen LogP contribution in [-0.2, 0) is 0 Å². The molecular formula is C11H25NO. The lowest BCUT2D eigenvalue weighted by molar-refractivity contribution is 0.229. The van der Waals surface area contributed by atoms with E-state index in [1.807, 2.05) is 0 Å². The van der Waals surface area contributed by atoms with Gasteiger partial charge in [0.1, 0.15) is 0 Å². The summed E-state index contributed by atoms with van der Waals surface area (Å²) in [5.74, 6) is 0.721. The van der Waals surface area contributed by atoms with Gasteiger partial charge >= 0.3 is 0 Å². The van der Waals surface area contributed by atoms with Crippen LogP contribution in [0.2, 0.25) is 0 Å². The molecule has 2 heteroatoms. The van der Waals surface area contributed by atoms with Crippen LogP contribution in [0.5, 0.6) is 0 Å². The van der Waals surface area contributed by atoms with E-state index in [1.54, 1.807) is 0 Å². The van der Waals surface area contributed by atoms with E-state index in [1.165, 1.54) is 19.3 Å². The minimum atomic E-state index is 0.303. The topological polar surface area (TPSA) is 32.3 Å². The van der Waals surface area contributed by atoms with Crippen LogP contribution >= 0.6 is 0 Å². The first-order chi connectivity index (χ1) is 6.29. The van der Waals surface area contributed by atoms with Gasteiger partial charge in [-0.05, 0) is 25.3 Å². The van der Waals surface area contributed by atoms with Crippen LogP contribution in [-0.4, -0.2) is 24.3 Å². The fraction of sp³-hybridized carbons (Fsp3) is 1.00. The second-order valence-corrected chi connectivity index (χ2v) is 3.65. The van der Waals surface area contributed by atoms with Gasteiger partial charge < -0.3 is 10.4 Å². The Labute approximate surface area is 82.7 Å². The Balaban J connectivity index is 3.88. The first kappa shape index (κ1) is 12.9. The summed E-state index contributed by atoms with van der Waals surface area (Å²) in [5.41, 5.74) is 0. The molecule has 0 aromatic rings. The highest BCUT2D eigenvalue weighted by Crippen LogP contribution is 2.15. The predicted octanol–water partition coefficient (Wildman–Crippen LogP) is 2.17. The summed E-state index contributed by atoms with van der Waals surface area (Å²) in [6.07, 6.45) is 4.48. The van der Waals surface area contributed by atoms with Gasteiger partial charge in [0.15, 0.2) is 0 Å². The average molecular weight is 187 g/mol. The van der Waals surface area contributed by atoms with Gasteiger partial charge in [-0.15, -0.1) is 0 Å². The number of aliphatic hydroxyl groups excluding tert-OH is 1. The van der Waals surface area contributed by atoms with Crippen molar-refractivity contribution in [2.75, 3.05) is 13.2 Å². The minimum absolute atomic E-state index is 0.303. The van der Waals surface area contributed by atoms with E-state index in [2.05, 4.69) is 26.1 Å². The van der Waals surface area contributed by atoms with Crippen molar-refractivity contribution in [3.05, 3.63) is 0 Å². The zero-order valence-electron chi connectivity index (χ0n) is 9.34. The second-order valence-electron chi connectivity index (χ2n) is 3.65. The largest absolute Gasteiger partial charge is 0.396 e. The van der Waals surface area contributed by atoms with Gasteiger partial charge in [0.25, 0.3) is 0 Å². The Morgan fingerprint density at radius 1 is 1.15 bits per heavy atom. The monoisotopic (exact) mass is 187 g/mol. The summed E-state index contributed by atoms with van der Waals surface area (Å²) in [5, 5.41) is 12.4. The summed E-state index contributed by atoms with van der Waals surface area (Å²) in [7, 11) is 0. The van der Waals surface area contributed by atoms with Crippen molar-refractivity contribution in [1.29, 1.82) is 0 Å². The van der Waals surface area contributed by atoms with Crippen molar-refractivity contribution in [3.8, 4) is 0 Å². The van der Waals surface area contributed by atoms with E-state index < -0.39 is 0 Å². The smallest absolute Gasteiger partial charge is 0.0445 e. The predicted molar refractivity (Wildman–Crippen MR) is 57.9 cm³/mol. The Morgan fingerprint density at radius 2 is 1.77 bits per heavy atom. The van der Waals surface area contributed by atoms with Gasteiger partial charge in [-0.2, -0.15) is 0 Å². The summed E-state index contributed by atoms with van der Waals surface area (Å²) < 4.78 is 0. The standard InChI is InChI=1S/C11H25NO/c1-4-8-12-11(7-9-13)10(5-2)6-3/h10-13H,4-9H2,1-3H3. The molecule has 0 saturated heterocycles. The first-order valence-corrected chi connectivity index (χ1v) is 5.64. The van der Waals surface area contributed by atoms with Crippen LogP contribution in [0.1, 0.15) is 46.5 Å². The van der Waals surface area contributed by atoms with E-state index in [0.717, 1.165) is 18.9 Å². The Kier molecular flexibility index (Phi) is 8.46. The Hall–Kier alpha value is -0.0800. The highest BCUT2D eigenvalue weighted by atomic mass is 16.3. The molecule has 1 atom stereocenters. The van der Waals surface area contributed by atoms with Crippen molar-refractivity contribution in [2.45, 2.75) is 52.5 Å². The van der Waals surface area contributed by atoms with Crippen LogP contribution in [0.25, 0.3) is 0 Å². The summed E-state index contributed by atoms with van der Waals surface area (Å²) >= 11 is 0. The quantitative estimate of drug-likeness (QED) is 0.610. The molecule has 0 heterocycles. The minimum Gasteiger partial charge on any atom is -0.396 e. The molecule has 0 rings (SSSR count). The molecule has 13 heavy (non-hydrogen) atoms. The highest BCUT2D eigenvalue weighted by Gasteiger charge is 2.16. The molecule has 2 nitrogen and oxygen atoms in total. The van der Waals surface area contributed by atoms with Crippen LogP contribution < -0.4 is 5.32 Å². The SMILES string of the molecule is CCCNC(CCO)C(CC)CC. The maximum Gasteiger partial charge on any atom is 0.0445 e. The maximum atomic E-state index is 8.94. The van der Waals surface area contributed by atoms with Crippen molar-refractivity contribution in [1.82, 2.24) is 5.32 Å². The molecular weight excluding hydrogens is 162 g/mol. The van der Waals surface area contributed by atoms with Crippen molar-refractivity contribution in [2.24, 2.45) is 5.92 Å². The third-order valence-electron chi connectivity index (χ3n) is 2.71. The fourth-order valence-electron chi connectivity index (χ4n) is 1.83. The lowest BCUT2D eigenvalue weighted by Gasteiger charge is -2.25. The maximum absolute atomic E-state index is 8.94. The van der Waals surface area contributed by atoms with Crippen LogP contribution in [0.15, 0.2) is 0 Å². The fourth-order valence-corrected chi connectivity index (χ4v) is 1.83. The van der Waals surface area contributed by atoms with Crippen molar-refractivity contribution in [3.63, 3.8) is 0 Å². The molecule has 0 saturated carbocycles. The molecule has 0 amide bonds. The molecule has 0 aromatic heterocycles. The zero-order valence-corrected chi connectivity index (χ0v) is 9.34. The first-order valence-electron chi connectivity index (χ1n) is 5.64. The van der Waals surface area contributed by atoms with Crippen molar-refractivity contribution >= 4 is 0 Å². The molecule has 0 aliphatic heterocycles. The lowest BCUT2D eigenvalue weighted by Crippen LogP contribution is -2.37. The normalized spacial score (nSPS) is 13.6. The van der Waals surface area contributed by atoms with Crippen LogP contribution in [0.4, 0.5) is 0 Å². The Bertz CT molecular complexity index is 102. The Morgan fingerprint density at radius 3 is 2.15 bits per heavy atom. The van der Waals surface area contributed by atoms with Gasteiger partial charge in [0.2, 0.25) is 0 Å². The molecule has 0 aromatic carbocycles. The molecule has 80 valence electrons. The zero-order chi connectivity index (χ0) is 10.1. The van der Waals surface area contributed by atoms with Crippen molar-refractivity contribution < 1.29 is 5.11 Å². The second kappa shape index (κ2) is 8.52. The summed E-state index contributed by atoms with van der Waals surface area (Å²) in [6.45, 7) is 8.01.